The van der Waals surface area contributed by atoms with E-state index in [9.17, 15) is 4.79 Å². The SMILES string of the molecule is O=C(/C(=C/C(c1ccccc1)(c1ccccc1)c1ccccc1)c1ccccc1)c1ccccc1-c1ccccc1. The topological polar surface area (TPSA) is 17.1 Å². The van der Waals surface area contributed by atoms with Gasteiger partial charge in [0.05, 0.1) is 5.41 Å². The molecule has 0 fully saturated rings. The Bertz CT molecular complexity index is 1660. The molecule has 0 N–H and O–H groups in total. The zero-order chi connectivity index (χ0) is 27.9. The third kappa shape index (κ3) is 5.18. The second-order valence-electron chi connectivity index (χ2n) is 10.1. The number of carbonyl (C=O) groups is 1. The molecule has 0 aromatic heterocycles. The van der Waals surface area contributed by atoms with Crippen LogP contribution < -0.4 is 0 Å². The van der Waals surface area contributed by atoms with Crippen molar-refractivity contribution in [2.45, 2.75) is 5.41 Å². The highest BCUT2D eigenvalue weighted by Gasteiger charge is 2.36. The number of rotatable bonds is 8. The van der Waals surface area contributed by atoms with Crippen molar-refractivity contribution in [2.75, 3.05) is 0 Å². The van der Waals surface area contributed by atoms with Crippen molar-refractivity contribution in [3.8, 4) is 11.1 Å². The maximum atomic E-state index is 14.8. The zero-order valence-electron chi connectivity index (χ0n) is 22.7. The summed E-state index contributed by atoms with van der Waals surface area (Å²) in [5, 5.41) is 0. The van der Waals surface area contributed by atoms with Crippen molar-refractivity contribution in [3.63, 3.8) is 0 Å². The van der Waals surface area contributed by atoms with Gasteiger partial charge in [0.25, 0.3) is 0 Å². The first-order chi connectivity index (χ1) is 20.3. The van der Waals surface area contributed by atoms with E-state index in [0.717, 1.165) is 33.4 Å². The summed E-state index contributed by atoms with van der Waals surface area (Å²) in [6, 6.07) is 59.5. The lowest BCUT2D eigenvalue weighted by molar-refractivity contribution is 0.105. The van der Waals surface area contributed by atoms with Crippen molar-refractivity contribution in [1.29, 1.82) is 0 Å². The van der Waals surface area contributed by atoms with E-state index in [0.29, 0.717) is 11.1 Å². The Morgan fingerprint density at radius 1 is 0.439 bits per heavy atom. The van der Waals surface area contributed by atoms with Crippen LogP contribution in [0.25, 0.3) is 16.7 Å². The number of hydrogen-bond donors (Lipinski definition) is 0. The number of ketones is 1. The minimum absolute atomic E-state index is 0.0113. The van der Waals surface area contributed by atoms with Crippen LogP contribution in [-0.4, -0.2) is 5.78 Å². The molecule has 1 heteroatoms. The number of Topliss-reactive ketones (excluding diaryl/α,β-unsaturated/α-hetero) is 1. The summed E-state index contributed by atoms with van der Waals surface area (Å²) in [4.78, 5) is 14.8. The van der Waals surface area contributed by atoms with E-state index in [1.54, 1.807) is 0 Å². The maximum absolute atomic E-state index is 14.8. The molecule has 0 atom stereocenters. The van der Waals surface area contributed by atoms with Gasteiger partial charge in [-0.15, -0.1) is 0 Å². The number of hydrogen-bond acceptors (Lipinski definition) is 1. The van der Waals surface area contributed by atoms with Crippen molar-refractivity contribution >= 4 is 11.4 Å². The normalized spacial score (nSPS) is 11.7. The van der Waals surface area contributed by atoms with Gasteiger partial charge in [0, 0.05) is 11.1 Å². The van der Waals surface area contributed by atoms with Gasteiger partial charge in [0.15, 0.2) is 5.78 Å². The van der Waals surface area contributed by atoms with Gasteiger partial charge >= 0.3 is 0 Å². The van der Waals surface area contributed by atoms with E-state index < -0.39 is 5.41 Å². The third-order valence-electron chi connectivity index (χ3n) is 7.63. The van der Waals surface area contributed by atoms with E-state index in [-0.39, 0.29) is 5.78 Å². The van der Waals surface area contributed by atoms with Crippen LogP contribution in [0, 0.1) is 0 Å². The highest BCUT2D eigenvalue weighted by molar-refractivity contribution is 6.31. The van der Waals surface area contributed by atoms with Gasteiger partial charge in [0.1, 0.15) is 0 Å². The number of benzene rings is 6. The minimum atomic E-state index is -0.716. The molecule has 1 nitrogen and oxygen atoms in total. The molecule has 6 aromatic rings. The van der Waals surface area contributed by atoms with Crippen LogP contribution in [0.4, 0.5) is 0 Å². The fraction of sp³-hybridized carbons (Fsp3) is 0.0250. The molecule has 0 radical (unpaired) electrons. The lowest BCUT2D eigenvalue weighted by Gasteiger charge is -2.34. The van der Waals surface area contributed by atoms with Crippen LogP contribution in [0.1, 0.15) is 32.6 Å². The van der Waals surface area contributed by atoms with Crippen molar-refractivity contribution in [2.24, 2.45) is 0 Å². The highest BCUT2D eigenvalue weighted by atomic mass is 16.1. The molecule has 0 bridgehead atoms. The molecule has 0 aliphatic heterocycles. The third-order valence-corrected chi connectivity index (χ3v) is 7.63. The zero-order valence-corrected chi connectivity index (χ0v) is 22.7. The lowest BCUT2D eigenvalue weighted by atomic mass is 9.67. The standard InChI is InChI=1S/C40H30O/c41-39(37-29-17-16-28-36(37)31-18-6-1-7-19-31)38(32-20-8-2-9-21-32)30-40(33-22-10-3-11-23-33,34-24-12-4-13-25-34)35-26-14-5-15-27-35/h1-30H/b38-30+. The number of carbonyl (C=O) groups excluding carboxylic acids is 1. The molecule has 0 heterocycles. The Hall–Kier alpha value is -5.27. The van der Waals surface area contributed by atoms with Gasteiger partial charge in [-0.3, -0.25) is 4.79 Å². The molecule has 0 saturated carbocycles. The smallest absolute Gasteiger partial charge is 0.193 e. The summed E-state index contributed by atoms with van der Waals surface area (Å²) < 4.78 is 0. The number of allylic oxidation sites excluding steroid dienone is 2. The van der Waals surface area contributed by atoms with Gasteiger partial charge in [-0.05, 0) is 33.4 Å². The molecule has 196 valence electrons. The van der Waals surface area contributed by atoms with Crippen LogP contribution in [0.15, 0.2) is 182 Å². The Balaban J connectivity index is 1.68. The molecule has 0 saturated heterocycles. The molecular formula is C40H30O. The fourth-order valence-corrected chi connectivity index (χ4v) is 5.66. The highest BCUT2D eigenvalue weighted by Crippen LogP contribution is 2.43. The first kappa shape index (κ1) is 26.0. The van der Waals surface area contributed by atoms with E-state index in [4.69, 9.17) is 0 Å². The molecule has 0 aliphatic rings. The molecule has 0 spiro atoms. The Morgan fingerprint density at radius 2 is 0.829 bits per heavy atom. The Labute approximate surface area is 242 Å². The molecule has 0 unspecified atom stereocenters. The monoisotopic (exact) mass is 526 g/mol. The summed E-state index contributed by atoms with van der Waals surface area (Å²) in [5.41, 5.74) is 6.72. The van der Waals surface area contributed by atoms with E-state index in [1.165, 1.54) is 0 Å². The summed E-state index contributed by atoms with van der Waals surface area (Å²) in [6.45, 7) is 0. The molecule has 6 aromatic carbocycles. The van der Waals surface area contributed by atoms with Crippen LogP contribution >= 0.6 is 0 Å². The van der Waals surface area contributed by atoms with Crippen LogP contribution in [0.2, 0.25) is 0 Å². The van der Waals surface area contributed by atoms with E-state index in [2.05, 4.69) is 91.0 Å². The summed E-state index contributed by atoms with van der Waals surface area (Å²) in [5.74, 6) is -0.0113. The average Bonchev–Trinajstić information content (AvgIpc) is 3.07. The minimum Gasteiger partial charge on any atom is -0.289 e. The van der Waals surface area contributed by atoms with Crippen LogP contribution in [0.3, 0.4) is 0 Å². The van der Waals surface area contributed by atoms with Gasteiger partial charge in [-0.1, -0.05) is 182 Å². The Morgan fingerprint density at radius 3 is 1.32 bits per heavy atom. The van der Waals surface area contributed by atoms with Gasteiger partial charge in [-0.25, -0.2) is 0 Å². The van der Waals surface area contributed by atoms with Crippen molar-refractivity contribution in [1.82, 2.24) is 0 Å². The van der Waals surface area contributed by atoms with Crippen LogP contribution in [-0.2, 0) is 5.41 Å². The fourth-order valence-electron chi connectivity index (χ4n) is 5.66. The predicted octanol–water partition coefficient (Wildman–Crippen LogP) is 9.65. The van der Waals surface area contributed by atoms with E-state index in [1.807, 2.05) is 91.0 Å². The van der Waals surface area contributed by atoms with E-state index >= 15 is 0 Å². The van der Waals surface area contributed by atoms with Crippen molar-refractivity contribution < 1.29 is 4.79 Å². The molecular weight excluding hydrogens is 496 g/mol. The molecule has 0 aliphatic carbocycles. The molecule has 0 amide bonds. The first-order valence-electron chi connectivity index (χ1n) is 13.9. The lowest BCUT2D eigenvalue weighted by Crippen LogP contribution is -2.28. The largest absolute Gasteiger partial charge is 0.289 e. The van der Waals surface area contributed by atoms with Gasteiger partial charge < -0.3 is 0 Å². The van der Waals surface area contributed by atoms with Crippen LogP contribution in [0.5, 0.6) is 0 Å². The second kappa shape index (κ2) is 11.9. The predicted molar refractivity (Wildman–Crippen MR) is 170 cm³/mol. The Kier molecular flexibility index (Phi) is 7.51. The summed E-state index contributed by atoms with van der Waals surface area (Å²) >= 11 is 0. The van der Waals surface area contributed by atoms with Gasteiger partial charge in [-0.2, -0.15) is 0 Å². The molecule has 6 rings (SSSR count). The first-order valence-corrected chi connectivity index (χ1v) is 13.9. The van der Waals surface area contributed by atoms with Gasteiger partial charge in [0.2, 0.25) is 0 Å². The second-order valence-corrected chi connectivity index (χ2v) is 10.1. The summed E-state index contributed by atoms with van der Waals surface area (Å²) in [6.07, 6.45) is 2.19. The summed E-state index contributed by atoms with van der Waals surface area (Å²) in [7, 11) is 0. The quantitative estimate of drug-likeness (QED) is 0.110. The average molecular weight is 527 g/mol. The maximum Gasteiger partial charge on any atom is 0.193 e. The molecule has 41 heavy (non-hydrogen) atoms. The van der Waals surface area contributed by atoms with Crippen molar-refractivity contribution in [3.05, 3.63) is 210 Å².